The van der Waals surface area contributed by atoms with E-state index in [0.29, 0.717) is 6.54 Å². The molecular formula is C12H14N4O. The number of hydrogen-bond acceptors (Lipinski definition) is 4. The third-order valence-corrected chi connectivity index (χ3v) is 2.39. The molecule has 0 radical (unpaired) electrons. The molecule has 5 heteroatoms. The molecule has 0 aliphatic heterocycles. The Hall–Kier alpha value is -2.17. The predicted octanol–water partition coefficient (Wildman–Crippen LogP) is 0.753. The highest BCUT2D eigenvalue weighted by Gasteiger charge is 2.02. The summed E-state index contributed by atoms with van der Waals surface area (Å²) in [6.07, 6.45) is 3.41. The van der Waals surface area contributed by atoms with Crippen molar-refractivity contribution in [1.29, 1.82) is 0 Å². The summed E-state index contributed by atoms with van der Waals surface area (Å²) in [5.74, 6) is 0.763. The van der Waals surface area contributed by atoms with Crippen LogP contribution in [0.5, 0.6) is 0 Å². The van der Waals surface area contributed by atoms with Gasteiger partial charge in [-0.1, -0.05) is 0 Å². The van der Waals surface area contributed by atoms with Gasteiger partial charge in [0.25, 0.3) is 5.56 Å². The molecule has 5 nitrogen and oxygen atoms in total. The van der Waals surface area contributed by atoms with Gasteiger partial charge >= 0.3 is 0 Å². The Labute approximate surface area is 99.3 Å². The summed E-state index contributed by atoms with van der Waals surface area (Å²) in [4.78, 5) is 17.5. The van der Waals surface area contributed by atoms with Crippen LogP contribution in [0, 0.1) is 0 Å². The lowest BCUT2D eigenvalue weighted by molar-refractivity contribution is 0.636. The van der Waals surface area contributed by atoms with Gasteiger partial charge in [-0.3, -0.25) is 9.78 Å². The number of pyridine rings is 1. The van der Waals surface area contributed by atoms with E-state index in [0.717, 1.165) is 11.4 Å². The van der Waals surface area contributed by atoms with Crippen LogP contribution in [0.3, 0.4) is 0 Å². The van der Waals surface area contributed by atoms with Gasteiger partial charge in [0.05, 0.1) is 6.54 Å². The number of rotatable bonds is 3. The molecule has 2 aromatic rings. The summed E-state index contributed by atoms with van der Waals surface area (Å²) in [5, 5.41) is 4.28. The van der Waals surface area contributed by atoms with Gasteiger partial charge in [0.15, 0.2) is 0 Å². The van der Waals surface area contributed by atoms with Gasteiger partial charge < -0.3 is 4.90 Å². The molecule has 0 aromatic carbocycles. The van der Waals surface area contributed by atoms with Crippen LogP contribution in [0.2, 0.25) is 0 Å². The normalized spacial score (nSPS) is 10.2. The maximum absolute atomic E-state index is 11.7. The summed E-state index contributed by atoms with van der Waals surface area (Å²) in [5.41, 5.74) is 0.901. The van der Waals surface area contributed by atoms with Crippen molar-refractivity contribution in [1.82, 2.24) is 14.8 Å². The van der Waals surface area contributed by atoms with Crippen LogP contribution < -0.4 is 10.5 Å². The predicted molar refractivity (Wildman–Crippen MR) is 66.2 cm³/mol. The van der Waals surface area contributed by atoms with Crippen molar-refractivity contribution in [3.05, 3.63) is 52.6 Å². The first-order chi connectivity index (χ1) is 8.16. The number of anilines is 1. The monoisotopic (exact) mass is 230 g/mol. The van der Waals surface area contributed by atoms with E-state index >= 15 is 0 Å². The summed E-state index contributed by atoms with van der Waals surface area (Å²) >= 11 is 0. The van der Waals surface area contributed by atoms with Gasteiger partial charge in [0.2, 0.25) is 0 Å². The van der Waals surface area contributed by atoms with Crippen LogP contribution in [0.1, 0.15) is 5.56 Å². The van der Waals surface area contributed by atoms with Gasteiger partial charge in [0.1, 0.15) is 5.82 Å². The van der Waals surface area contributed by atoms with E-state index in [1.54, 1.807) is 18.5 Å². The maximum atomic E-state index is 11.7. The molecule has 2 heterocycles. The highest BCUT2D eigenvalue weighted by atomic mass is 16.1. The van der Waals surface area contributed by atoms with Crippen LogP contribution in [-0.2, 0) is 6.54 Å². The molecule has 0 aliphatic carbocycles. The number of hydrogen-bond donors (Lipinski definition) is 0. The minimum absolute atomic E-state index is 0.104. The lowest BCUT2D eigenvalue weighted by Crippen LogP contribution is -2.25. The van der Waals surface area contributed by atoms with Crippen molar-refractivity contribution in [3.63, 3.8) is 0 Å². The molecule has 0 spiro atoms. The second-order valence-electron chi connectivity index (χ2n) is 3.94. The van der Waals surface area contributed by atoms with Gasteiger partial charge in [-0.15, -0.1) is 0 Å². The molecule has 2 rings (SSSR count). The van der Waals surface area contributed by atoms with Crippen LogP contribution in [0.25, 0.3) is 0 Å². The Kier molecular flexibility index (Phi) is 3.18. The van der Waals surface area contributed by atoms with E-state index in [9.17, 15) is 4.79 Å². The maximum Gasteiger partial charge on any atom is 0.267 e. The summed E-state index contributed by atoms with van der Waals surface area (Å²) < 4.78 is 1.45. The first kappa shape index (κ1) is 11.3. The van der Waals surface area contributed by atoms with Gasteiger partial charge in [0, 0.05) is 32.6 Å². The molecule has 0 atom stereocenters. The second kappa shape index (κ2) is 4.78. The lowest BCUT2D eigenvalue weighted by atomic mass is 10.3. The van der Waals surface area contributed by atoms with E-state index < -0.39 is 0 Å². The third-order valence-electron chi connectivity index (χ3n) is 2.39. The lowest BCUT2D eigenvalue weighted by Gasteiger charge is -2.12. The zero-order valence-corrected chi connectivity index (χ0v) is 9.87. The minimum atomic E-state index is -0.104. The fourth-order valence-corrected chi connectivity index (χ4v) is 1.45. The first-order valence-corrected chi connectivity index (χ1v) is 5.31. The van der Waals surface area contributed by atoms with Crippen LogP contribution in [0.4, 0.5) is 5.82 Å². The summed E-state index contributed by atoms with van der Waals surface area (Å²) in [6.45, 7) is 0.461. The average molecular weight is 230 g/mol. The molecule has 0 unspecified atom stereocenters. The standard InChI is InChI=1S/C12H14N4O/c1-15(2)11-3-4-12(17)16(14-11)9-10-5-7-13-8-6-10/h3-8H,9H2,1-2H3. The van der Waals surface area contributed by atoms with Crippen LogP contribution >= 0.6 is 0 Å². The number of aromatic nitrogens is 3. The van der Waals surface area contributed by atoms with Crippen molar-refractivity contribution in [2.75, 3.05) is 19.0 Å². The highest BCUT2D eigenvalue weighted by molar-refractivity contribution is 5.33. The molecule has 17 heavy (non-hydrogen) atoms. The highest BCUT2D eigenvalue weighted by Crippen LogP contribution is 2.03. The molecular weight excluding hydrogens is 216 g/mol. The van der Waals surface area contributed by atoms with Gasteiger partial charge in [-0.25, -0.2) is 4.68 Å². The Bertz CT molecular complexity index is 548. The molecule has 0 fully saturated rings. The van der Waals surface area contributed by atoms with Crippen molar-refractivity contribution >= 4 is 5.82 Å². The molecule has 88 valence electrons. The van der Waals surface area contributed by atoms with Crippen molar-refractivity contribution in [3.8, 4) is 0 Å². The van der Waals surface area contributed by atoms with E-state index in [4.69, 9.17) is 0 Å². The quantitative estimate of drug-likeness (QED) is 0.781. The zero-order valence-electron chi connectivity index (χ0n) is 9.87. The van der Waals surface area contributed by atoms with E-state index in [1.807, 2.05) is 31.1 Å². The largest absolute Gasteiger partial charge is 0.361 e. The third kappa shape index (κ3) is 2.69. The van der Waals surface area contributed by atoms with Crippen LogP contribution in [-0.4, -0.2) is 28.9 Å². The number of nitrogens with zero attached hydrogens (tertiary/aromatic N) is 4. The summed E-state index contributed by atoms with van der Waals surface area (Å²) in [7, 11) is 3.78. The van der Waals surface area contributed by atoms with E-state index in [1.165, 1.54) is 10.7 Å². The average Bonchev–Trinajstić information content (AvgIpc) is 2.33. The molecule has 0 N–H and O–H groups in total. The van der Waals surface area contributed by atoms with Crippen molar-refractivity contribution in [2.24, 2.45) is 0 Å². The Balaban J connectivity index is 2.32. The summed E-state index contributed by atoms with van der Waals surface area (Å²) in [6, 6.07) is 6.99. The minimum Gasteiger partial charge on any atom is -0.361 e. The molecule has 0 amide bonds. The van der Waals surface area contributed by atoms with Crippen LogP contribution in [0.15, 0.2) is 41.5 Å². The zero-order chi connectivity index (χ0) is 12.3. The second-order valence-corrected chi connectivity index (χ2v) is 3.94. The van der Waals surface area contributed by atoms with Crippen molar-refractivity contribution in [2.45, 2.75) is 6.54 Å². The van der Waals surface area contributed by atoms with E-state index in [-0.39, 0.29) is 5.56 Å². The SMILES string of the molecule is CN(C)c1ccc(=O)n(Cc2ccncc2)n1. The fraction of sp³-hybridized carbons (Fsp3) is 0.250. The molecule has 0 saturated heterocycles. The molecule has 0 aliphatic rings. The molecule has 0 bridgehead atoms. The Morgan fingerprint density at radius 3 is 2.53 bits per heavy atom. The van der Waals surface area contributed by atoms with Gasteiger partial charge in [-0.05, 0) is 23.8 Å². The smallest absolute Gasteiger partial charge is 0.267 e. The first-order valence-electron chi connectivity index (χ1n) is 5.31. The Morgan fingerprint density at radius 2 is 1.88 bits per heavy atom. The topological polar surface area (TPSA) is 51.0 Å². The van der Waals surface area contributed by atoms with Crippen molar-refractivity contribution < 1.29 is 0 Å². The molecule has 0 saturated carbocycles. The van der Waals surface area contributed by atoms with E-state index in [2.05, 4.69) is 10.1 Å². The fourth-order valence-electron chi connectivity index (χ4n) is 1.45. The Morgan fingerprint density at radius 1 is 1.18 bits per heavy atom. The van der Waals surface area contributed by atoms with Gasteiger partial charge in [-0.2, -0.15) is 5.10 Å². The molecule has 2 aromatic heterocycles.